The zero-order chi connectivity index (χ0) is 26.4. The zero-order valence-electron chi connectivity index (χ0n) is 18.4. The number of benzene rings is 2. The summed E-state index contributed by atoms with van der Waals surface area (Å²) in [6.07, 6.45) is -8.27. The molecule has 5 nitrogen and oxygen atoms in total. The molecule has 0 radical (unpaired) electrons. The lowest BCUT2D eigenvalue weighted by atomic mass is 9.98. The van der Waals surface area contributed by atoms with E-state index in [4.69, 9.17) is 10.5 Å². The highest BCUT2D eigenvalue weighted by Gasteiger charge is 2.41. The molecule has 0 aliphatic heterocycles. The van der Waals surface area contributed by atoms with Crippen molar-refractivity contribution in [3.63, 3.8) is 0 Å². The van der Waals surface area contributed by atoms with Crippen molar-refractivity contribution >= 4 is 35.3 Å². The van der Waals surface area contributed by atoms with Gasteiger partial charge in [0.15, 0.2) is 5.75 Å². The maximum absolute atomic E-state index is 13.8. The maximum atomic E-state index is 13.8. The fourth-order valence-electron chi connectivity index (χ4n) is 2.76. The van der Waals surface area contributed by atoms with Gasteiger partial charge in [-0.15, -0.1) is 0 Å². The summed E-state index contributed by atoms with van der Waals surface area (Å²) < 4.78 is 99.9. The van der Waals surface area contributed by atoms with E-state index in [1.165, 1.54) is 23.9 Å². The van der Waals surface area contributed by atoms with Gasteiger partial charge in [-0.25, -0.2) is 9.18 Å². The summed E-state index contributed by atoms with van der Waals surface area (Å²) >= 11 is 1.42. The predicted molar refractivity (Wildman–Crippen MR) is 121 cm³/mol. The van der Waals surface area contributed by atoms with Crippen molar-refractivity contribution in [2.45, 2.75) is 12.4 Å². The molecule has 190 valence electrons. The molecule has 0 fully saturated rings. The summed E-state index contributed by atoms with van der Waals surface area (Å²) in [5, 5.41) is 0. The SMILES string of the molecule is CSCCN=CC(=CN)c1cc(C(F)(F)F)cc(C(F)(F)F)c1OC(=O)N(C)c1ccc(F)cc1. The first-order valence-electron chi connectivity index (χ1n) is 9.74. The number of thioether (sulfide) groups is 1. The van der Waals surface area contributed by atoms with Gasteiger partial charge in [-0.3, -0.25) is 9.89 Å². The van der Waals surface area contributed by atoms with Crippen LogP contribution in [0.3, 0.4) is 0 Å². The molecule has 2 N–H and O–H groups in total. The molecule has 2 aromatic carbocycles. The smallest absolute Gasteiger partial charge is 0.409 e. The van der Waals surface area contributed by atoms with E-state index in [1.807, 2.05) is 0 Å². The van der Waals surface area contributed by atoms with Crippen LogP contribution >= 0.6 is 11.8 Å². The minimum atomic E-state index is -5.32. The number of hydrogen-bond donors (Lipinski definition) is 1. The van der Waals surface area contributed by atoms with Gasteiger partial charge in [-0.05, 0) is 42.7 Å². The average molecular weight is 523 g/mol. The minimum absolute atomic E-state index is 0.0617. The van der Waals surface area contributed by atoms with Crippen molar-refractivity contribution in [3.8, 4) is 5.75 Å². The van der Waals surface area contributed by atoms with E-state index in [2.05, 4.69) is 4.99 Å². The normalized spacial score (nSPS) is 12.8. The van der Waals surface area contributed by atoms with E-state index < -0.39 is 46.7 Å². The molecule has 2 rings (SSSR count). The van der Waals surface area contributed by atoms with E-state index in [-0.39, 0.29) is 23.9 Å². The first-order chi connectivity index (χ1) is 16.3. The molecule has 0 unspecified atom stereocenters. The van der Waals surface area contributed by atoms with Crippen molar-refractivity contribution in [2.24, 2.45) is 10.7 Å². The Labute approximate surface area is 200 Å². The van der Waals surface area contributed by atoms with Crippen LogP contribution in [0.15, 0.2) is 47.6 Å². The number of hydrogen-bond acceptors (Lipinski definition) is 5. The predicted octanol–water partition coefficient (Wildman–Crippen LogP) is 6.23. The molecule has 0 bridgehead atoms. The molecule has 35 heavy (non-hydrogen) atoms. The van der Waals surface area contributed by atoms with Gasteiger partial charge in [0, 0.05) is 48.6 Å². The minimum Gasteiger partial charge on any atom is -0.409 e. The number of anilines is 1. The first-order valence-corrected chi connectivity index (χ1v) is 11.1. The summed E-state index contributed by atoms with van der Waals surface area (Å²) in [6, 6.07) is 4.59. The van der Waals surface area contributed by atoms with Crippen LogP contribution in [-0.2, 0) is 12.4 Å². The van der Waals surface area contributed by atoms with Gasteiger partial charge in [0.05, 0.1) is 11.1 Å². The van der Waals surface area contributed by atoms with Crippen LogP contribution < -0.4 is 15.4 Å². The van der Waals surface area contributed by atoms with Gasteiger partial charge in [0.1, 0.15) is 5.82 Å². The summed E-state index contributed by atoms with van der Waals surface area (Å²) in [6.45, 7) is 0.214. The molecule has 0 aliphatic carbocycles. The van der Waals surface area contributed by atoms with Crippen LogP contribution in [0.25, 0.3) is 5.57 Å². The zero-order valence-corrected chi connectivity index (χ0v) is 19.2. The lowest BCUT2D eigenvalue weighted by Crippen LogP contribution is -2.30. The third kappa shape index (κ3) is 7.38. The van der Waals surface area contributed by atoms with Gasteiger partial charge >= 0.3 is 18.4 Å². The number of nitrogens with two attached hydrogens (primary N) is 1. The van der Waals surface area contributed by atoms with Crippen LogP contribution in [0.5, 0.6) is 5.75 Å². The fraction of sp³-hybridized carbons (Fsp3) is 0.273. The molecular formula is C22H20F7N3O2S. The second kappa shape index (κ2) is 11.5. The second-order valence-electron chi connectivity index (χ2n) is 6.95. The topological polar surface area (TPSA) is 67.9 Å². The second-order valence-corrected chi connectivity index (χ2v) is 7.94. The number of halogens is 7. The number of amides is 1. The van der Waals surface area contributed by atoms with E-state index in [0.29, 0.717) is 11.8 Å². The number of aliphatic imine (C=N–C) groups is 1. The first kappa shape index (κ1) is 28.0. The van der Waals surface area contributed by atoms with Gasteiger partial charge in [-0.1, -0.05) is 0 Å². The lowest BCUT2D eigenvalue weighted by molar-refractivity contribution is -0.143. The largest absolute Gasteiger partial charge is 0.420 e. The number of ether oxygens (including phenoxy) is 1. The molecule has 13 heteroatoms. The van der Waals surface area contributed by atoms with E-state index in [0.717, 1.165) is 36.5 Å². The number of allylic oxidation sites excluding steroid dienone is 1. The Balaban J connectivity index is 2.66. The molecular weight excluding hydrogens is 503 g/mol. The molecule has 0 aromatic heterocycles. The summed E-state index contributed by atoms with van der Waals surface area (Å²) in [4.78, 5) is 17.4. The molecule has 0 aliphatic rings. The quantitative estimate of drug-likeness (QED) is 0.265. The van der Waals surface area contributed by atoms with Gasteiger partial charge in [0.25, 0.3) is 0 Å². The van der Waals surface area contributed by atoms with Crippen molar-refractivity contribution in [1.82, 2.24) is 0 Å². The molecule has 0 saturated carbocycles. The number of alkyl halides is 6. The Bertz CT molecular complexity index is 1100. The van der Waals surface area contributed by atoms with Gasteiger partial charge in [0.2, 0.25) is 0 Å². The highest BCUT2D eigenvalue weighted by atomic mass is 32.2. The molecule has 1 amide bonds. The number of carbonyl (C=O) groups excluding carboxylic acids is 1. The Morgan fingerprint density at radius 1 is 1.11 bits per heavy atom. The lowest BCUT2D eigenvalue weighted by Gasteiger charge is -2.22. The van der Waals surface area contributed by atoms with E-state index in [1.54, 1.807) is 6.26 Å². The van der Waals surface area contributed by atoms with Crippen LogP contribution in [0.4, 0.5) is 41.2 Å². The van der Waals surface area contributed by atoms with Crippen LogP contribution in [0.1, 0.15) is 16.7 Å². The summed E-state index contributed by atoms with van der Waals surface area (Å²) in [7, 11) is 1.14. The van der Waals surface area contributed by atoms with E-state index in [9.17, 15) is 35.5 Å². The van der Waals surface area contributed by atoms with Gasteiger partial charge in [-0.2, -0.15) is 38.1 Å². The number of rotatable bonds is 7. The van der Waals surface area contributed by atoms with Crippen LogP contribution in [-0.4, -0.2) is 37.9 Å². The molecule has 0 spiro atoms. The third-order valence-corrected chi connectivity index (χ3v) is 5.14. The molecule has 0 heterocycles. The number of nitrogens with zero attached hydrogens (tertiary/aromatic N) is 2. The molecule has 2 aromatic rings. The standard InChI is InChI=1S/C22H20F7N3O2S/c1-32(16-5-3-15(23)4-6-16)20(33)34-19-17(13(11-30)12-31-7-8-35-2)9-14(21(24,25)26)10-18(19)22(27,28)29/h3-6,9-12H,7-8,30H2,1-2H3. The highest BCUT2D eigenvalue weighted by molar-refractivity contribution is 7.98. The third-order valence-electron chi connectivity index (χ3n) is 4.54. The highest BCUT2D eigenvalue weighted by Crippen LogP contribution is 2.44. The number of carbonyl (C=O) groups is 1. The van der Waals surface area contributed by atoms with Crippen LogP contribution in [0, 0.1) is 5.82 Å². The van der Waals surface area contributed by atoms with Crippen molar-refractivity contribution in [3.05, 3.63) is 65.1 Å². The Kier molecular flexibility index (Phi) is 9.18. The fourth-order valence-corrected chi connectivity index (χ4v) is 3.05. The summed E-state index contributed by atoms with van der Waals surface area (Å²) in [5.41, 5.74) is 1.04. The Morgan fingerprint density at radius 2 is 1.74 bits per heavy atom. The molecule has 0 atom stereocenters. The average Bonchev–Trinajstić information content (AvgIpc) is 2.78. The van der Waals surface area contributed by atoms with Crippen molar-refractivity contribution in [2.75, 3.05) is 30.5 Å². The Hall–Kier alpha value is -3.22. The monoisotopic (exact) mass is 523 g/mol. The van der Waals surface area contributed by atoms with E-state index >= 15 is 0 Å². The van der Waals surface area contributed by atoms with Crippen molar-refractivity contribution in [1.29, 1.82) is 0 Å². The van der Waals surface area contributed by atoms with Crippen LogP contribution in [0.2, 0.25) is 0 Å². The Morgan fingerprint density at radius 3 is 2.26 bits per heavy atom. The summed E-state index contributed by atoms with van der Waals surface area (Å²) in [5.74, 6) is -1.27. The maximum Gasteiger partial charge on any atom is 0.420 e. The molecule has 0 saturated heterocycles. The van der Waals surface area contributed by atoms with Crippen molar-refractivity contribution < 1.29 is 40.3 Å². The van der Waals surface area contributed by atoms with Gasteiger partial charge < -0.3 is 10.5 Å².